The predicted molar refractivity (Wildman–Crippen MR) is 87.8 cm³/mol. The van der Waals surface area contributed by atoms with E-state index in [4.69, 9.17) is 15.4 Å². The minimum atomic E-state index is -4.00. The Kier molecular flexibility index (Phi) is 4.44. The maximum absolute atomic E-state index is 10.9. The highest BCUT2D eigenvalue weighted by Gasteiger charge is 2.68. The van der Waals surface area contributed by atoms with E-state index in [9.17, 15) is 13.2 Å². The van der Waals surface area contributed by atoms with Gasteiger partial charge in [-0.1, -0.05) is 18.2 Å². The molecule has 4 rings (SSSR count). The van der Waals surface area contributed by atoms with Gasteiger partial charge in [-0.3, -0.25) is 9.35 Å². The first-order valence-electron chi connectivity index (χ1n) is 8.22. The summed E-state index contributed by atoms with van der Waals surface area (Å²) in [6.45, 7) is 0.581. The molecule has 0 heterocycles. The third-order valence-corrected chi connectivity index (χ3v) is 7.06. The number of hydrogen-bond donors (Lipinski definition) is 3. The van der Waals surface area contributed by atoms with Crippen LogP contribution in [0.25, 0.3) is 0 Å². The van der Waals surface area contributed by atoms with Crippen molar-refractivity contribution in [2.24, 2.45) is 34.8 Å². The van der Waals surface area contributed by atoms with Crippen LogP contribution in [0.4, 0.5) is 0 Å². The van der Waals surface area contributed by atoms with Gasteiger partial charge >= 0.3 is 5.97 Å². The normalized spacial score (nSPS) is 35.8. The van der Waals surface area contributed by atoms with Gasteiger partial charge < -0.3 is 10.8 Å². The minimum Gasteiger partial charge on any atom is -0.481 e. The fourth-order valence-electron chi connectivity index (χ4n) is 5.34. The molecule has 24 heavy (non-hydrogen) atoms. The number of carboxylic acid groups (broad SMARTS) is 1. The van der Waals surface area contributed by atoms with Gasteiger partial charge in [-0.15, -0.1) is 0 Å². The van der Waals surface area contributed by atoms with E-state index in [1.165, 1.54) is 31.4 Å². The Morgan fingerprint density at radius 3 is 2.08 bits per heavy atom. The van der Waals surface area contributed by atoms with Crippen LogP contribution in [-0.2, 0) is 14.9 Å². The van der Waals surface area contributed by atoms with Crippen molar-refractivity contribution in [3.63, 3.8) is 0 Å². The minimum absolute atomic E-state index is 0.0104. The lowest BCUT2D eigenvalue weighted by Crippen LogP contribution is -2.60. The molecule has 4 N–H and O–H groups in total. The Hall–Kier alpha value is -1.44. The van der Waals surface area contributed by atoms with Crippen LogP contribution in [0.3, 0.4) is 0 Å². The topological polar surface area (TPSA) is 118 Å². The summed E-state index contributed by atoms with van der Waals surface area (Å²) in [5.41, 5.74) is 5.81. The van der Waals surface area contributed by atoms with E-state index >= 15 is 0 Å². The van der Waals surface area contributed by atoms with Crippen LogP contribution in [0.2, 0.25) is 0 Å². The Morgan fingerprint density at radius 1 is 1.17 bits per heavy atom. The summed E-state index contributed by atoms with van der Waals surface area (Å²) in [5.74, 6) is 2.37. The lowest BCUT2D eigenvalue weighted by atomic mass is 9.44. The SMILES string of the molecule is NCC1(CC(=O)O)[C@@H]2CC3CC2[C@@H]1C3.O=S(=O)(O)c1ccccc1. The molecule has 3 aliphatic carbocycles. The molecular formula is C17H23NO5S. The molecule has 3 unspecified atom stereocenters. The lowest BCUT2D eigenvalue weighted by Gasteiger charge is -2.60. The largest absolute Gasteiger partial charge is 0.481 e. The summed E-state index contributed by atoms with van der Waals surface area (Å²) in [6, 6.07) is 7.42. The van der Waals surface area contributed by atoms with Gasteiger partial charge in [0.15, 0.2) is 0 Å². The molecule has 5 atom stereocenters. The molecule has 0 aromatic heterocycles. The molecule has 6 nitrogen and oxygen atoms in total. The van der Waals surface area contributed by atoms with E-state index in [1.54, 1.807) is 18.2 Å². The molecule has 3 saturated carbocycles. The van der Waals surface area contributed by atoms with Crippen molar-refractivity contribution < 1.29 is 22.9 Å². The standard InChI is InChI=1S/C11H17NO2.C6H6O3S/c12-5-11(4-10(13)14)8-2-6-1-7(8)9(11)3-6;7-10(8,9)6-4-2-1-3-5-6/h6-9H,1-5,12H2,(H,13,14);1-5H,(H,7,8,9)/t6?,7?,8-,9+,11?;. The van der Waals surface area contributed by atoms with Gasteiger partial charge in [0.1, 0.15) is 0 Å². The first-order valence-corrected chi connectivity index (χ1v) is 9.66. The zero-order valence-corrected chi connectivity index (χ0v) is 14.2. The van der Waals surface area contributed by atoms with Crippen LogP contribution in [-0.4, -0.2) is 30.6 Å². The molecule has 3 fully saturated rings. The summed E-state index contributed by atoms with van der Waals surface area (Å²) in [4.78, 5) is 10.8. The number of carbonyl (C=O) groups is 1. The van der Waals surface area contributed by atoms with Crippen molar-refractivity contribution >= 4 is 16.1 Å². The monoisotopic (exact) mass is 353 g/mol. The first-order chi connectivity index (χ1) is 11.3. The van der Waals surface area contributed by atoms with E-state index in [-0.39, 0.29) is 10.3 Å². The fourth-order valence-corrected chi connectivity index (χ4v) is 5.84. The highest BCUT2D eigenvalue weighted by Crippen LogP contribution is 2.73. The fraction of sp³-hybridized carbons (Fsp3) is 0.588. The van der Waals surface area contributed by atoms with Crippen LogP contribution in [0, 0.1) is 29.1 Å². The van der Waals surface area contributed by atoms with Gasteiger partial charge in [0.25, 0.3) is 10.1 Å². The second-order valence-electron chi connectivity index (χ2n) is 7.25. The van der Waals surface area contributed by atoms with Gasteiger partial charge in [-0.2, -0.15) is 8.42 Å². The summed E-state index contributed by atoms with van der Waals surface area (Å²) in [5, 5.41) is 8.94. The van der Waals surface area contributed by atoms with Crippen molar-refractivity contribution in [3.8, 4) is 0 Å². The lowest BCUT2D eigenvalue weighted by molar-refractivity contribution is -0.158. The Balaban J connectivity index is 0.000000150. The Labute approximate surface area is 141 Å². The van der Waals surface area contributed by atoms with Crippen LogP contribution in [0.5, 0.6) is 0 Å². The highest BCUT2D eigenvalue weighted by atomic mass is 32.2. The third kappa shape index (κ3) is 2.85. The zero-order chi connectivity index (χ0) is 17.5. The molecule has 2 bridgehead atoms. The molecule has 0 radical (unpaired) electrons. The van der Waals surface area contributed by atoms with Crippen LogP contribution < -0.4 is 5.73 Å². The zero-order valence-electron chi connectivity index (χ0n) is 13.3. The number of aliphatic carboxylic acids is 1. The molecular weight excluding hydrogens is 330 g/mol. The van der Waals surface area contributed by atoms with Crippen LogP contribution in [0.1, 0.15) is 25.7 Å². The van der Waals surface area contributed by atoms with Gasteiger partial charge in [0, 0.05) is 0 Å². The van der Waals surface area contributed by atoms with E-state index in [0.717, 1.165) is 11.8 Å². The second kappa shape index (κ2) is 6.13. The van der Waals surface area contributed by atoms with Crippen molar-refractivity contribution in [1.29, 1.82) is 0 Å². The Morgan fingerprint density at radius 2 is 1.75 bits per heavy atom. The number of fused-ring (bicyclic) bond motifs is 1. The molecule has 0 spiro atoms. The van der Waals surface area contributed by atoms with Gasteiger partial charge in [0.05, 0.1) is 11.3 Å². The third-order valence-electron chi connectivity index (χ3n) is 6.19. The maximum atomic E-state index is 10.9. The van der Waals surface area contributed by atoms with Crippen LogP contribution in [0.15, 0.2) is 35.2 Å². The maximum Gasteiger partial charge on any atom is 0.303 e. The van der Waals surface area contributed by atoms with Gasteiger partial charge in [-0.05, 0) is 67.0 Å². The van der Waals surface area contributed by atoms with E-state index in [0.29, 0.717) is 24.8 Å². The number of rotatable bonds is 4. The van der Waals surface area contributed by atoms with Crippen molar-refractivity contribution in [2.75, 3.05) is 6.54 Å². The highest BCUT2D eigenvalue weighted by molar-refractivity contribution is 7.85. The van der Waals surface area contributed by atoms with Gasteiger partial charge in [-0.25, -0.2) is 0 Å². The predicted octanol–water partition coefficient (Wildman–Crippen LogP) is 2.02. The number of hydrogen-bond acceptors (Lipinski definition) is 4. The molecule has 1 aromatic carbocycles. The van der Waals surface area contributed by atoms with Gasteiger partial charge in [0.2, 0.25) is 0 Å². The quantitative estimate of drug-likeness (QED) is 0.713. The van der Waals surface area contributed by atoms with E-state index < -0.39 is 16.1 Å². The smallest absolute Gasteiger partial charge is 0.303 e. The van der Waals surface area contributed by atoms with Crippen molar-refractivity contribution in [3.05, 3.63) is 30.3 Å². The molecule has 132 valence electrons. The Bertz CT molecular complexity index is 704. The first kappa shape index (κ1) is 17.4. The average molecular weight is 353 g/mol. The van der Waals surface area contributed by atoms with E-state index in [1.807, 2.05) is 0 Å². The summed E-state index contributed by atoms with van der Waals surface area (Å²) < 4.78 is 29.2. The molecule has 0 saturated heterocycles. The van der Waals surface area contributed by atoms with E-state index in [2.05, 4.69) is 0 Å². The summed E-state index contributed by atoms with van der Waals surface area (Å²) >= 11 is 0. The number of carboxylic acids is 1. The van der Waals surface area contributed by atoms with Crippen molar-refractivity contribution in [1.82, 2.24) is 0 Å². The van der Waals surface area contributed by atoms with Crippen LogP contribution >= 0.6 is 0 Å². The molecule has 0 aliphatic heterocycles. The average Bonchev–Trinajstić information content (AvgIpc) is 3.10. The molecule has 1 aromatic rings. The van der Waals surface area contributed by atoms with Crippen molar-refractivity contribution in [2.45, 2.75) is 30.6 Å². The number of benzene rings is 1. The summed E-state index contributed by atoms with van der Waals surface area (Å²) in [7, 11) is -4.00. The summed E-state index contributed by atoms with van der Waals surface area (Å²) in [6.07, 6.45) is 4.18. The molecule has 3 aliphatic rings. The molecule has 7 heteroatoms. The number of nitrogens with two attached hydrogens (primary N) is 1. The molecule has 0 amide bonds. The second-order valence-corrected chi connectivity index (χ2v) is 8.67.